The quantitative estimate of drug-likeness (QED) is 0.781. The molecular formula is C13H18Cl2N2O2S. The summed E-state index contributed by atoms with van der Waals surface area (Å²) < 4.78 is 11.9. The van der Waals surface area contributed by atoms with Crippen molar-refractivity contribution in [2.75, 3.05) is 16.8 Å². The minimum absolute atomic E-state index is 0.259. The number of benzene rings is 1. The molecule has 2 unspecified atom stereocenters. The Hall–Kier alpha value is -0.780. The van der Waals surface area contributed by atoms with E-state index in [0.717, 1.165) is 12.8 Å². The van der Waals surface area contributed by atoms with Gasteiger partial charge in [0.05, 0.1) is 15.7 Å². The fourth-order valence-corrected chi connectivity index (χ4v) is 3.34. The Morgan fingerprint density at radius 1 is 1.40 bits per heavy atom. The van der Waals surface area contributed by atoms with E-state index in [9.17, 15) is 9.00 Å². The molecule has 0 bridgehead atoms. The van der Waals surface area contributed by atoms with Crippen LogP contribution in [0.25, 0.3) is 0 Å². The van der Waals surface area contributed by atoms with E-state index >= 15 is 0 Å². The lowest BCUT2D eigenvalue weighted by Gasteiger charge is -2.14. The average molecular weight is 337 g/mol. The highest BCUT2D eigenvalue weighted by molar-refractivity contribution is 7.86. The van der Waals surface area contributed by atoms with Gasteiger partial charge in [0, 0.05) is 22.2 Å². The average Bonchev–Trinajstić information content (AvgIpc) is 2.38. The number of rotatable bonds is 6. The molecule has 0 aliphatic rings. The summed E-state index contributed by atoms with van der Waals surface area (Å²) in [5.41, 5.74) is 6.30. The first-order valence-corrected chi connectivity index (χ1v) is 8.43. The summed E-state index contributed by atoms with van der Waals surface area (Å²) in [4.78, 5) is 12.1. The summed E-state index contributed by atoms with van der Waals surface area (Å²) in [6, 6.07) is 3.00. The van der Waals surface area contributed by atoms with Crippen LogP contribution in [0.2, 0.25) is 10.0 Å². The second-order valence-electron chi connectivity index (χ2n) is 4.43. The minimum Gasteiger partial charge on any atom is -0.399 e. The summed E-state index contributed by atoms with van der Waals surface area (Å²) in [5, 5.41) is 2.51. The topological polar surface area (TPSA) is 72.2 Å². The molecule has 4 nitrogen and oxygen atoms in total. The Balaban J connectivity index is 2.78. The van der Waals surface area contributed by atoms with Gasteiger partial charge in [-0.3, -0.25) is 9.00 Å². The normalized spacial score (nSPS) is 13.8. The van der Waals surface area contributed by atoms with Crippen LogP contribution >= 0.6 is 23.2 Å². The van der Waals surface area contributed by atoms with Crippen LogP contribution in [0.1, 0.15) is 26.7 Å². The van der Waals surface area contributed by atoms with Crippen molar-refractivity contribution in [1.29, 1.82) is 0 Å². The Kier molecular flexibility index (Phi) is 6.79. The zero-order chi connectivity index (χ0) is 15.3. The van der Waals surface area contributed by atoms with Gasteiger partial charge >= 0.3 is 0 Å². The molecule has 0 aromatic heterocycles. The minimum atomic E-state index is -1.21. The maximum Gasteiger partial charge on any atom is 0.239 e. The Morgan fingerprint density at radius 3 is 2.45 bits per heavy atom. The van der Waals surface area contributed by atoms with E-state index in [1.807, 2.05) is 6.92 Å². The molecule has 2 atom stereocenters. The third-order valence-electron chi connectivity index (χ3n) is 2.78. The summed E-state index contributed by atoms with van der Waals surface area (Å²) in [5.74, 6) is 0.141. The predicted molar refractivity (Wildman–Crippen MR) is 86.9 cm³/mol. The van der Waals surface area contributed by atoms with Gasteiger partial charge in [0.25, 0.3) is 0 Å². The first-order chi connectivity index (χ1) is 9.36. The maximum absolute atomic E-state index is 12.1. The van der Waals surface area contributed by atoms with Crippen LogP contribution in [-0.2, 0) is 15.6 Å². The number of anilines is 2. The zero-order valence-electron chi connectivity index (χ0n) is 11.4. The number of halogens is 2. The molecule has 0 fully saturated rings. The molecule has 0 radical (unpaired) electrons. The van der Waals surface area contributed by atoms with Gasteiger partial charge in [-0.15, -0.1) is 0 Å². The van der Waals surface area contributed by atoms with Crippen molar-refractivity contribution in [1.82, 2.24) is 0 Å². The first kappa shape index (κ1) is 17.3. The highest BCUT2D eigenvalue weighted by Gasteiger charge is 2.21. The molecule has 20 heavy (non-hydrogen) atoms. The monoisotopic (exact) mass is 336 g/mol. The number of hydrogen-bond acceptors (Lipinski definition) is 3. The standard InChI is InChI=1S/C13H18Cl2N2O2S/c1-3-4-5-20(19)8(2)13(18)17-12-10(14)6-9(16)7-11(12)15/h6-8H,3-5,16H2,1-2H3,(H,17,18). The SMILES string of the molecule is CCCCS(=O)C(C)C(=O)Nc1c(Cl)cc(N)cc1Cl. The number of nitrogens with two attached hydrogens (primary N) is 1. The first-order valence-electron chi connectivity index (χ1n) is 6.29. The molecule has 0 saturated heterocycles. The van der Waals surface area contributed by atoms with Crippen molar-refractivity contribution in [2.45, 2.75) is 31.9 Å². The van der Waals surface area contributed by atoms with E-state index < -0.39 is 16.0 Å². The van der Waals surface area contributed by atoms with E-state index in [1.165, 1.54) is 12.1 Å². The fraction of sp³-hybridized carbons (Fsp3) is 0.462. The largest absolute Gasteiger partial charge is 0.399 e. The second kappa shape index (κ2) is 7.86. The molecule has 1 aromatic rings. The van der Waals surface area contributed by atoms with Crippen LogP contribution in [0.4, 0.5) is 11.4 Å². The van der Waals surface area contributed by atoms with Crippen molar-refractivity contribution in [3.05, 3.63) is 22.2 Å². The zero-order valence-corrected chi connectivity index (χ0v) is 13.7. The number of nitrogen functional groups attached to an aromatic ring is 1. The summed E-state index contributed by atoms with van der Waals surface area (Å²) >= 11 is 12.0. The number of nitrogens with one attached hydrogen (secondary N) is 1. The lowest BCUT2D eigenvalue weighted by atomic mass is 10.2. The van der Waals surface area contributed by atoms with E-state index in [2.05, 4.69) is 5.32 Å². The summed E-state index contributed by atoms with van der Waals surface area (Å²) in [6.45, 7) is 3.63. The van der Waals surface area contributed by atoms with Gasteiger partial charge in [0.1, 0.15) is 5.25 Å². The number of hydrogen-bond donors (Lipinski definition) is 2. The van der Waals surface area contributed by atoms with Crippen LogP contribution in [0, 0.1) is 0 Å². The second-order valence-corrected chi connectivity index (χ2v) is 7.12. The van der Waals surface area contributed by atoms with Gasteiger partial charge in [0.15, 0.2) is 0 Å². The molecule has 0 spiro atoms. The van der Waals surface area contributed by atoms with E-state index in [-0.39, 0.29) is 16.0 Å². The molecule has 7 heteroatoms. The highest BCUT2D eigenvalue weighted by atomic mass is 35.5. The van der Waals surface area contributed by atoms with Crippen LogP contribution in [0.15, 0.2) is 12.1 Å². The molecule has 0 heterocycles. The third-order valence-corrected chi connectivity index (χ3v) is 5.07. The molecule has 0 saturated carbocycles. The number of unbranched alkanes of at least 4 members (excludes halogenated alkanes) is 1. The smallest absolute Gasteiger partial charge is 0.239 e. The van der Waals surface area contributed by atoms with E-state index in [0.29, 0.717) is 17.1 Å². The maximum atomic E-state index is 12.1. The summed E-state index contributed by atoms with van der Waals surface area (Å²) in [7, 11) is -1.21. The number of carbonyl (C=O) groups excluding carboxylic acids is 1. The van der Waals surface area contributed by atoms with E-state index in [1.54, 1.807) is 6.92 Å². The van der Waals surface area contributed by atoms with Gasteiger partial charge < -0.3 is 11.1 Å². The van der Waals surface area contributed by atoms with Crippen molar-refractivity contribution >= 4 is 51.3 Å². The van der Waals surface area contributed by atoms with Crippen molar-refractivity contribution in [3.8, 4) is 0 Å². The number of carbonyl (C=O) groups is 1. The molecule has 112 valence electrons. The molecule has 0 aliphatic carbocycles. The van der Waals surface area contributed by atoms with Crippen LogP contribution < -0.4 is 11.1 Å². The molecular weight excluding hydrogens is 319 g/mol. The molecule has 1 amide bonds. The van der Waals surface area contributed by atoms with Gasteiger partial charge in [-0.2, -0.15) is 0 Å². The highest BCUT2D eigenvalue weighted by Crippen LogP contribution is 2.33. The van der Waals surface area contributed by atoms with E-state index in [4.69, 9.17) is 28.9 Å². The van der Waals surface area contributed by atoms with Gasteiger partial charge in [0.2, 0.25) is 5.91 Å². The Labute approximate surface area is 131 Å². The van der Waals surface area contributed by atoms with Crippen molar-refractivity contribution in [3.63, 3.8) is 0 Å². The lowest BCUT2D eigenvalue weighted by Crippen LogP contribution is -2.30. The van der Waals surface area contributed by atoms with Gasteiger partial charge in [-0.05, 0) is 25.5 Å². The number of amides is 1. The van der Waals surface area contributed by atoms with Crippen LogP contribution in [-0.4, -0.2) is 21.1 Å². The third kappa shape index (κ3) is 4.65. The Morgan fingerprint density at radius 2 is 1.95 bits per heavy atom. The molecule has 1 aromatic carbocycles. The summed E-state index contributed by atoms with van der Waals surface area (Å²) in [6.07, 6.45) is 1.77. The molecule has 0 aliphatic heterocycles. The van der Waals surface area contributed by atoms with Gasteiger partial charge in [-0.25, -0.2) is 0 Å². The molecule has 3 N–H and O–H groups in total. The van der Waals surface area contributed by atoms with Gasteiger partial charge in [-0.1, -0.05) is 36.5 Å². The van der Waals surface area contributed by atoms with Crippen LogP contribution in [0.3, 0.4) is 0 Å². The lowest BCUT2D eigenvalue weighted by molar-refractivity contribution is -0.115. The predicted octanol–water partition coefficient (Wildman–Crippen LogP) is 3.45. The molecule has 1 rings (SSSR count). The van der Waals surface area contributed by atoms with Crippen molar-refractivity contribution in [2.24, 2.45) is 0 Å². The Bertz CT molecular complexity index is 500. The fourth-order valence-electron chi connectivity index (χ4n) is 1.52. The van der Waals surface area contributed by atoms with Crippen molar-refractivity contribution < 1.29 is 9.00 Å². The van der Waals surface area contributed by atoms with Crippen LogP contribution in [0.5, 0.6) is 0 Å².